The predicted octanol–water partition coefficient (Wildman–Crippen LogP) is 1.72. The van der Waals surface area contributed by atoms with Gasteiger partial charge in [-0.2, -0.15) is 0 Å². The van der Waals surface area contributed by atoms with Crippen LogP contribution in [0.4, 0.5) is 0 Å². The summed E-state index contributed by atoms with van der Waals surface area (Å²) >= 11 is 0. The molecule has 1 aliphatic carbocycles. The topological polar surface area (TPSA) is 163 Å². The molecule has 0 aromatic rings. The van der Waals surface area contributed by atoms with Crippen molar-refractivity contribution in [3.8, 4) is 0 Å². The SMILES string of the molecule is C=C1C[C@H](C(=O)NC2CCCCC2)N(C(=O)[C@@H](NC(=O)C[C@@](C)(NC(C)=O)C(=O)N[C@H](C(=O)OCC)C(C)C)C(C)C)C1. The molecule has 12 nitrogen and oxygen atoms in total. The van der Waals surface area contributed by atoms with Crippen molar-refractivity contribution < 1.29 is 33.5 Å². The molecule has 1 heterocycles. The van der Waals surface area contributed by atoms with Crippen molar-refractivity contribution in [2.24, 2.45) is 11.8 Å². The number of carbonyl (C=O) groups excluding carboxylic acids is 6. The lowest BCUT2D eigenvalue weighted by Crippen LogP contribution is -2.62. The molecule has 4 atom stereocenters. The summed E-state index contributed by atoms with van der Waals surface area (Å²) < 4.78 is 5.07. The number of hydrogen-bond acceptors (Lipinski definition) is 7. The number of esters is 1. The molecular weight excluding hydrogens is 554 g/mol. The zero-order valence-electron chi connectivity index (χ0n) is 26.8. The molecule has 1 saturated carbocycles. The first-order chi connectivity index (χ1) is 20.1. The highest BCUT2D eigenvalue weighted by molar-refractivity contribution is 5.98. The standard InChI is InChI=1S/C31H51N5O7/c1-9-43-29(41)26(19(4)5)34-30(42)31(8,35-21(7)37)16-24(38)33-25(18(2)3)28(40)36-17-20(6)15-23(36)27(39)32-22-13-11-10-12-14-22/h18-19,22-23,25-26H,6,9-17H2,1-5,7-8H3,(H,32,39)(H,33,38)(H,34,42)(H,35,37)/t23-,25+,26+,31-/m1/s1. The van der Waals surface area contributed by atoms with Crippen LogP contribution >= 0.6 is 0 Å². The number of ether oxygens (including phenoxy) is 1. The van der Waals surface area contributed by atoms with Gasteiger partial charge in [0.1, 0.15) is 23.7 Å². The minimum absolute atomic E-state index is 0.0874. The molecule has 43 heavy (non-hydrogen) atoms. The molecule has 4 N–H and O–H groups in total. The van der Waals surface area contributed by atoms with Gasteiger partial charge in [0, 0.05) is 19.5 Å². The summed E-state index contributed by atoms with van der Waals surface area (Å²) in [6.07, 6.45) is 4.94. The zero-order chi connectivity index (χ0) is 32.5. The van der Waals surface area contributed by atoms with Crippen molar-refractivity contribution in [3.63, 3.8) is 0 Å². The van der Waals surface area contributed by atoms with Gasteiger partial charge >= 0.3 is 5.97 Å². The number of amides is 5. The number of hydrogen-bond donors (Lipinski definition) is 4. The van der Waals surface area contributed by atoms with Crippen molar-refractivity contribution in [1.82, 2.24) is 26.2 Å². The van der Waals surface area contributed by atoms with Crippen molar-refractivity contribution >= 4 is 35.5 Å². The van der Waals surface area contributed by atoms with Gasteiger partial charge in [-0.15, -0.1) is 0 Å². The first-order valence-corrected chi connectivity index (χ1v) is 15.4. The Morgan fingerprint density at radius 2 is 1.58 bits per heavy atom. The molecular formula is C31H51N5O7. The molecule has 5 amide bonds. The third-order valence-electron chi connectivity index (χ3n) is 8.00. The van der Waals surface area contributed by atoms with Crippen LogP contribution in [0.15, 0.2) is 12.2 Å². The molecule has 0 unspecified atom stereocenters. The van der Waals surface area contributed by atoms with E-state index in [4.69, 9.17) is 4.74 Å². The lowest BCUT2D eigenvalue weighted by molar-refractivity contribution is -0.149. The van der Waals surface area contributed by atoms with E-state index < -0.39 is 59.7 Å². The normalized spacial score (nSPS) is 20.2. The predicted molar refractivity (Wildman–Crippen MR) is 161 cm³/mol. The first kappa shape index (κ1) is 35.8. The van der Waals surface area contributed by atoms with Crippen molar-refractivity contribution in [2.45, 2.75) is 123 Å². The number of nitrogens with one attached hydrogen (secondary N) is 4. The van der Waals surface area contributed by atoms with Crippen LogP contribution in [-0.4, -0.2) is 83.3 Å². The smallest absolute Gasteiger partial charge is 0.328 e. The summed E-state index contributed by atoms with van der Waals surface area (Å²) in [5.74, 6) is -3.88. The molecule has 0 radical (unpaired) electrons. The second kappa shape index (κ2) is 15.9. The Kier molecular flexibility index (Phi) is 13.2. The molecule has 0 bridgehead atoms. The second-order valence-electron chi connectivity index (χ2n) is 12.7. The maximum absolute atomic E-state index is 13.8. The maximum atomic E-state index is 13.8. The average Bonchev–Trinajstić information content (AvgIpc) is 3.31. The van der Waals surface area contributed by atoms with Gasteiger partial charge in [-0.1, -0.05) is 59.1 Å². The molecule has 0 aromatic carbocycles. The molecule has 2 fully saturated rings. The van der Waals surface area contributed by atoms with E-state index in [1.165, 1.54) is 18.7 Å². The largest absolute Gasteiger partial charge is 0.464 e. The minimum atomic E-state index is -1.73. The number of rotatable bonds is 13. The lowest BCUT2D eigenvalue weighted by atomic mass is 9.93. The van der Waals surface area contributed by atoms with E-state index in [1.807, 2.05) is 0 Å². The molecule has 2 rings (SSSR count). The summed E-state index contributed by atoms with van der Waals surface area (Å²) in [4.78, 5) is 79.8. The van der Waals surface area contributed by atoms with Gasteiger partial charge in [0.15, 0.2) is 0 Å². The Morgan fingerprint density at radius 1 is 0.977 bits per heavy atom. The fourth-order valence-electron chi connectivity index (χ4n) is 5.65. The summed E-state index contributed by atoms with van der Waals surface area (Å²) in [6.45, 7) is 15.6. The van der Waals surface area contributed by atoms with Crippen molar-refractivity contribution in [1.29, 1.82) is 0 Å². The molecule has 0 aromatic heterocycles. The van der Waals surface area contributed by atoms with Crippen molar-refractivity contribution in [3.05, 3.63) is 12.2 Å². The summed E-state index contributed by atoms with van der Waals surface area (Å²) in [5.41, 5.74) is -0.980. The molecule has 2 aliphatic rings. The summed E-state index contributed by atoms with van der Waals surface area (Å²) in [6, 6.07) is -2.61. The van der Waals surface area contributed by atoms with Gasteiger partial charge in [-0.05, 0) is 44.9 Å². The van der Waals surface area contributed by atoms with E-state index in [0.717, 1.165) is 37.7 Å². The zero-order valence-corrected chi connectivity index (χ0v) is 26.8. The van der Waals surface area contributed by atoms with Crippen LogP contribution in [0.25, 0.3) is 0 Å². The van der Waals surface area contributed by atoms with Gasteiger partial charge in [0.05, 0.1) is 13.0 Å². The van der Waals surface area contributed by atoms with Gasteiger partial charge in [-0.25, -0.2) is 4.79 Å². The molecule has 242 valence electrons. The quantitative estimate of drug-likeness (QED) is 0.183. The van der Waals surface area contributed by atoms with Gasteiger partial charge in [0.25, 0.3) is 0 Å². The summed E-state index contributed by atoms with van der Waals surface area (Å²) in [7, 11) is 0. The van der Waals surface area contributed by atoms with Crippen molar-refractivity contribution in [2.75, 3.05) is 13.2 Å². The Balaban J connectivity index is 2.20. The van der Waals surface area contributed by atoms with Gasteiger partial charge in [-0.3, -0.25) is 24.0 Å². The number of nitrogens with zero attached hydrogens (tertiary/aromatic N) is 1. The van der Waals surface area contributed by atoms with Crippen LogP contribution in [-0.2, 0) is 33.5 Å². The Bertz CT molecular complexity index is 1070. The number of carbonyl (C=O) groups is 6. The van der Waals surface area contributed by atoms with Crippen LogP contribution in [0.3, 0.4) is 0 Å². The number of likely N-dealkylation sites (tertiary alicyclic amines) is 1. The highest BCUT2D eigenvalue weighted by Crippen LogP contribution is 2.25. The van der Waals surface area contributed by atoms with Crippen LogP contribution in [0.1, 0.15) is 93.4 Å². The summed E-state index contributed by atoms with van der Waals surface area (Å²) in [5, 5.41) is 11.0. The van der Waals surface area contributed by atoms with Crippen LogP contribution < -0.4 is 21.3 Å². The highest BCUT2D eigenvalue weighted by atomic mass is 16.5. The van der Waals surface area contributed by atoms with E-state index in [0.29, 0.717) is 6.42 Å². The van der Waals surface area contributed by atoms with E-state index in [9.17, 15) is 28.8 Å². The molecule has 12 heteroatoms. The van der Waals surface area contributed by atoms with Crippen LogP contribution in [0.5, 0.6) is 0 Å². The minimum Gasteiger partial charge on any atom is -0.464 e. The lowest BCUT2D eigenvalue weighted by Gasteiger charge is -2.34. The van der Waals surface area contributed by atoms with Crippen LogP contribution in [0.2, 0.25) is 0 Å². The van der Waals surface area contributed by atoms with Crippen LogP contribution in [0, 0.1) is 11.8 Å². The molecule has 1 saturated heterocycles. The monoisotopic (exact) mass is 605 g/mol. The van der Waals surface area contributed by atoms with E-state index in [2.05, 4.69) is 27.8 Å². The highest BCUT2D eigenvalue weighted by Gasteiger charge is 2.43. The third kappa shape index (κ3) is 10.1. The van der Waals surface area contributed by atoms with E-state index >= 15 is 0 Å². The fraction of sp³-hybridized carbons (Fsp3) is 0.742. The van der Waals surface area contributed by atoms with E-state index in [-0.39, 0.29) is 36.9 Å². The Labute approximate surface area is 255 Å². The van der Waals surface area contributed by atoms with Gasteiger partial charge in [0.2, 0.25) is 29.5 Å². The third-order valence-corrected chi connectivity index (χ3v) is 8.00. The molecule has 1 aliphatic heterocycles. The maximum Gasteiger partial charge on any atom is 0.328 e. The average molecular weight is 606 g/mol. The Hall–Kier alpha value is -3.44. The van der Waals surface area contributed by atoms with Gasteiger partial charge < -0.3 is 30.9 Å². The van der Waals surface area contributed by atoms with E-state index in [1.54, 1.807) is 34.6 Å². The fourth-order valence-corrected chi connectivity index (χ4v) is 5.65. The first-order valence-electron chi connectivity index (χ1n) is 15.4. The Morgan fingerprint density at radius 3 is 2.12 bits per heavy atom. The second-order valence-corrected chi connectivity index (χ2v) is 12.7. The molecule has 0 spiro atoms.